The van der Waals surface area contributed by atoms with Crippen LogP contribution in [0, 0.1) is 15.2 Å². The number of ether oxygens (including phenoxy) is 1. The zero-order valence-electron chi connectivity index (χ0n) is 17.5. The van der Waals surface area contributed by atoms with Crippen LogP contribution in [0.25, 0.3) is 16.8 Å². The first-order valence-electron chi connectivity index (χ1n) is 10.4. The van der Waals surface area contributed by atoms with Gasteiger partial charge in [-0.3, -0.25) is 0 Å². The van der Waals surface area contributed by atoms with Gasteiger partial charge in [-0.25, -0.2) is 4.98 Å². The molecule has 5 heteroatoms. The van der Waals surface area contributed by atoms with Crippen molar-refractivity contribution >= 4 is 28.2 Å². The Morgan fingerprint density at radius 2 is 1.84 bits per heavy atom. The maximum absolute atomic E-state index is 9.65. The van der Waals surface area contributed by atoms with Crippen LogP contribution in [0.2, 0.25) is 0 Å². The van der Waals surface area contributed by atoms with Crippen molar-refractivity contribution in [2.75, 3.05) is 0 Å². The van der Waals surface area contributed by atoms with E-state index in [-0.39, 0.29) is 0 Å². The van der Waals surface area contributed by atoms with E-state index in [1.807, 2.05) is 49.4 Å². The van der Waals surface area contributed by atoms with Crippen LogP contribution in [-0.4, -0.2) is 9.55 Å². The van der Waals surface area contributed by atoms with E-state index in [0.717, 1.165) is 43.1 Å². The van der Waals surface area contributed by atoms with Crippen molar-refractivity contribution < 1.29 is 4.74 Å². The molecule has 0 spiro atoms. The maximum Gasteiger partial charge on any atom is 0.172 e. The number of halogens is 1. The Labute approximate surface area is 201 Å². The standard InChI is InChI=1S/C27H20IN3O/c1-18(14-29)26-22-12-11-19(13-21(22)17-32-25-10-6-5-9-23(25)26)15-31-16-24(30-27(31)28)20-7-3-2-4-8-20/h2-13,16H,15,17H2,1H3. The average molecular weight is 529 g/mol. The second-order valence-electron chi connectivity index (χ2n) is 7.78. The van der Waals surface area contributed by atoms with E-state index in [1.165, 1.54) is 5.56 Å². The third-order valence-corrected chi connectivity index (χ3v) is 6.53. The van der Waals surface area contributed by atoms with E-state index >= 15 is 0 Å². The quantitative estimate of drug-likeness (QED) is 0.227. The molecule has 0 aliphatic carbocycles. The number of hydrogen-bond donors (Lipinski definition) is 0. The number of hydrogen-bond acceptors (Lipinski definition) is 3. The number of fused-ring (bicyclic) bond motifs is 2. The van der Waals surface area contributed by atoms with E-state index < -0.39 is 0 Å². The van der Waals surface area contributed by atoms with Gasteiger partial charge in [0, 0.05) is 35.0 Å². The minimum atomic E-state index is 0.471. The van der Waals surface area contributed by atoms with Crippen LogP contribution in [0.4, 0.5) is 0 Å². The smallest absolute Gasteiger partial charge is 0.172 e. The number of nitrogens with zero attached hydrogens (tertiary/aromatic N) is 3. The molecule has 0 atom stereocenters. The number of imidazole rings is 1. The number of rotatable bonds is 3. The zero-order valence-corrected chi connectivity index (χ0v) is 19.7. The number of benzene rings is 3. The normalized spacial score (nSPS) is 13.9. The van der Waals surface area contributed by atoms with E-state index in [2.05, 4.69) is 69.8 Å². The van der Waals surface area contributed by atoms with Gasteiger partial charge in [0.15, 0.2) is 3.83 Å². The molecule has 156 valence electrons. The van der Waals surface area contributed by atoms with E-state index in [4.69, 9.17) is 9.72 Å². The van der Waals surface area contributed by atoms with Gasteiger partial charge in [0.2, 0.25) is 0 Å². The number of nitriles is 1. The minimum absolute atomic E-state index is 0.471. The first kappa shape index (κ1) is 20.5. The molecule has 3 aromatic carbocycles. The molecular weight excluding hydrogens is 509 g/mol. The zero-order chi connectivity index (χ0) is 22.1. The van der Waals surface area contributed by atoms with Gasteiger partial charge in [-0.15, -0.1) is 0 Å². The van der Waals surface area contributed by atoms with Crippen LogP contribution in [0.3, 0.4) is 0 Å². The second-order valence-corrected chi connectivity index (χ2v) is 8.74. The Morgan fingerprint density at radius 1 is 1.06 bits per heavy atom. The molecule has 0 fully saturated rings. The summed E-state index contributed by atoms with van der Waals surface area (Å²) in [4.78, 5) is 4.73. The molecule has 0 amide bonds. The van der Waals surface area contributed by atoms with Crippen LogP contribution in [0.5, 0.6) is 5.75 Å². The third-order valence-electron chi connectivity index (χ3n) is 5.67. The van der Waals surface area contributed by atoms with Gasteiger partial charge in [-0.1, -0.05) is 60.7 Å². The van der Waals surface area contributed by atoms with Gasteiger partial charge < -0.3 is 9.30 Å². The predicted octanol–water partition coefficient (Wildman–Crippen LogP) is 6.44. The molecule has 4 nitrogen and oxygen atoms in total. The minimum Gasteiger partial charge on any atom is -0.488 e. The molecule has 0 saturated heterocycles. The van der Waals surface area contributed by atoms with Gasteiger partial charge in [0.1, 0.15) is 12.4 Å². The lowest BCUT2D eigenvalue weighted by atomic mass is 9.90. The number of allylic oxidation sites excluding steroid dienone is 1. The van der Waals surface area contributed by atoms with Crippen LogP contribution in [-0.2, 0) is 13.2 Å². The van der Waals surface area contributed by atoms with Crippen molar-refractivity contribution in [3.63, 3.8) is 0 Å². The van der Waals surface area contributed by atoms with Gasteiger partial charge >= 0.3 is 0 Å². The fourth-order valence-corrected chi connectivity index (χ4v) is 4.69. The van der Waals surface area contributed by atoms with Crippen molar-refractivity contribution in [1.82, 2.24) is 9.55 Å². The van der Waals surface area contributed by atoms with Crippen molar-refractivity contribution in [2.45, 2.75) is 20.1 Å². The highest BCUT2D eigenvalue weighted by Gasteiger charge is 2.21. The molecule has 1 aromatic heterocycles. The molecule has 5 rings (SSSR count). The van der Waals surface area contributed by atoms with Crippen LogP contribution < -0.4 is 4.74 Å². The summed E-state index contributed by atoms with van der Waals surface area (Å²) < 4.78 is 9.23. The fourth-order valence-electron chi connectivity index (χ4n) is 4.12. The monoisotopic (exact) mass is 529 g/mol. The molecule has 32 heavy (non-hydrogen) atoms. The SMILES string of the molecule is CC(C#N)=C1c2ccc(Cn3cc(-c4ccccc4)nc3I)cc2COc2ccccc21. The molecule has 0 N–H and O–H groups in total. The first-order chi connectivity index (χ1) is 15.6. The Balaban J connectivity index is 1.52. The maximum atomic E-state index is 9.65. The van der Waals surface area contributed by atoms with E-state index in [0.29, 0.717) is 18.7 Å². The van der Waals surface area contributed by atoms with Gasteiger partial charge in [0.25, 0.3) is 0 Å². The first-order valence-corrected chi connectivity index (χ1v) is 11.5. The molecule has 0 bridgehead atoms. The fraction of sp³-hybridized carbons (Fsp3) is 0.111. The lowest BCUT2D eigenvalue weighted by molar-refractivity contribution is 0.307. The Bertz CT molecular complexity index is 1380. The summed E-state index contributed by atoms with van der Waals surface area (Å²) in [7, 11) is 0. The number of aromatic nitrogens is 2. The summed E-state index contributed by atoms with van der Waals surface area (Å²) in [6.07, 6.45) is 2.10. The van der Waals surface area contributed by atoms with E-state index in [9.17, 15) is 5.26 Å². The Kier molecular flexibility index (Phi) is 5.54. The van der Waals surface area contributed by atoms with Crippen molar-refractivity contribution in [2.24, 2.45) is 0 Å². The van der Waals surface area contributed by atoms with E-state index in [1.54, 1.807) is 0 Å². The molecular formula is C27H20IN3O. The lowest BCUT2D eigenvalue weighted by Gasteiger charge is -2.13. The predicted molar refractivity (Wildman–Crippen MR) is 134 cm³/mol. The van der Waals surface area contributed by atoms with Gasteiger partial charge in [-0.2, -0.15) is 5.26 Å². The molecule has 1 aliphatic rings. The summed E-state index contributed by atoms with van der Waals surface area (Å²) in [5, 5.41) is 9.65. The summed E-state index contributed by atoms with van der Waals surface area (Å²) in [6, 6.07) is 26.9. The van der Waals surface area contributed by atoms with Crippen LogP contribution in [0.15, 0.2) is 84.6 Å². The molecule has 1 aliphatic heterocycles. The van der Waals surface area contributed by atoms with Gasteiger partial charge in [0.05, 0.1) is 11.8 Å². The highest BCUT2D eigenvalue weighted by atomic mass is 127. The second kappa shape index (κ2) is 8.64. The summed E-state index contributed by atoms with van der Waals surface area (Å²) >= 11 is 2.29. The van der Waals surface area contributed by atoms with Gasteiger partial charge in [-0.05, 0) is 58.3 Å². The summed E-state index contributed by atoms with van der Waals surface area (Å²) in [5.74, 6) is 0.812. The van der Waals surface area contributed by atoms with Crippen LogP contribution >= 0.6 is 22.6 Å². The summed E-state index contributed by atoms with van der Waals surface area (Å²) in [6.45, 7) is 3.06. The Morgan fingerprint density at radius 3 is 2.66 bits per heavy atom. The van der Waals surface area contributed by atoms with Crippen molar-refractivity contribution in [3.05, 3.63) is 111 Å². The average Bonchev–Trinajstić information content (AvgIpc) is 3.11. The molecule has 2 heterocycles. The van der Waals surface area contributed by atoms with Crippen LogP contribution in [0.1, 0.15) is 29.2 Å². The molecule has 0 radical (unpaired) electrons. The molecule has 4 aromatic rings. The van der Waals surface area contributed by atoms with Crippen molar-refractivity contribution in [3.8, 4) is 23.1 Å². The molecule has 0 unspecified atom stereocenters. The highest BCUT2D eigenvalue weighted by molar-refractivity contribution is 14.1. The third kappa shape index (κ3) is 3.82. The Hall–Kier alpha value is -3.37. The number of para-hydroxylation sites is 1. The lowest BCUT2D eigenvalue weighted by Crippen LogP contribution is -2.03. The topological polar surface area (TPSA) is 50.8 Å². The largest absolute Gasteiger partial charge is 0.488 e. The summed E-state index contributed by atoms with van der Waals surface area (Å²) in [5.41, 5.74) is 8.00. The van der Waals surface area contributed by atoms with Crippen molar-refractivity contribution in [1.29, 1.82) is 5.26 Å². The molecule has 0 saturated carbocycles. The highest BCUT2D eigenvalue weighted by Crippen LogP contribution is 2.38.